The normalized spacial score (nSPS) is 19.7. The Hall–Kier alpha value is -3.47. The lowest BCUT2D eigenvalue weighted by atomic mass is 9.81. The van der Waals surface area contributed by atoms with Crippen LogP contribution in [-0.4, -0.2) is 27.5 Å². The van der Waals surface area contributed by atoms with E-state index in [4.69, 9.17) is 0 Å². The zero-order valence-corrected chi connectivity index (χ0v) is 27.3. The molecule has 3 amide bonds. The second-order valence-corrected chi connectivity index (χ2v) is 15.0. The molecule has 0 saturated carbocycles. The Bertz CT molecular complexity index is 1790. The second-order valence-electron chi connectivity index (χ2n) is 11.9. The lowest BCUT2D eigenvalue weighted by Gasteiger charge is -2.31. The van der Waals surface area contributed by atoms with Crippen LogP contribution in [0.1, 0.15) is 48.3 Å². The highest BCUT2D eigenvalue weighted by atomic mass is 79.9. The topological polar surface area (TPSA) is 88.5 Å². The number of halogens is 1. The molecule has 1 fully saturated rings. The summed E-state index contributed by atoms with van der Waals surface area (Å²) in [5, 5.41) is 2.69. The molecule has 0 bridgehead atoms. The molecule has 6 rings (SSSR count). The highest BCUT2D eigenvalue weighted by molar-refractivity contribution is 9.10. The van der Waals surface area contributed by atoms with E-state index in [0.717, 1.165) is 32.5 Å². The minimum absolute atomic E-state index is 0.0644. The lowest BCUT2D eigenvalue weighted by molar-refractivity contribution is -0.122. The van der Waals surface area contributed by atoms with Crippen molar-refractivity contribution in [2.75, 3.05) is 10.2 Å². The molecule has 1 saturated heterocycles. The van der Waals surface area contributed by atoms with Gasteiger partial charge in [-0.25, -0.2) is 4.90 Å². The van der Waals surface area contributed by atoms with Crippen molar-refractivity contribution in [1.29, 1.82) is 0 Å². The maximum atomic E-state index is 14.1. The number of carbonyl (C=O) groups excluding carboxylic acids is 3. The van der Waals surface area contributed by atoms with E-state index in [9.17, 15) is 19.2 Å². The van der Waals surface area contributed by atoms with E-state index in [0.29, 0.717) is 21.3 Å². The van der Waals surface area contributed by atoms with E-state index >= 15 is 0 Å². The monoisotopic (exact) mass is 675 g/mol. The number of fused-ring (bicyclic) bond motifs is 2. The molecule has 3 aromatic carbocycles. The van der Waals surface area contributed by atoms with Gasteiger partial charge >= 0.3 is 4.87 Å². The Kier molecular flexibility index (Phi) is 7.73. The summed E-state index contributed by atoms with van der Waals surface area (Å²) in [7, 11) is 0. The lowest BCUT2D eigenvalue weighted by Crippen LogP contribution is -2.33. The van der Waals surface area contributed by atoms with Crippen molar-refractivity contribution in [2.45, 2.75) is 55.8 Å². The smallest absolute Gasteiger partial charge is 0.308 e. The molecule has 3 heterocycles. The molecule has 0 aliphatic carbocycles. The third kappa shape index (κ3) is 5.52. The van der Waals surface area contributed by atoms with E-state index in [1.54, 1.807) is 24.3 Å². The second kappa shape index (κ2) is 11.2. The van der Waals surface area contributed by atoms with Gasteiger partial charge in [0.25, 0.3) is 0 Å². The third-order valence-electron chi connectivity index (χ3n) is 7.91. The molecule has 43 heavy (non-hydrogen) atoms. The van der Waals surface area contributed by atoms with Crippen molar-refractivity contribution in [3.05, 3.63) is 109 Å². The van der Waals surface area contributed by atoms with E-state index in [1.807, 2.05) is 55.5 Å². The number of nitrogens with one attached hydrogen (secondary N) is 1. The van der Waals surface area contributed by atoms with Crippen molar-refractivity contribution in [1.82, 2.24) is 4.57 Å². The molecule has 2 aliphatic heterocycles. The van der Waals surface area contributed by atoms with Crippen LogP contribution in [0, 0.1) is 12.8 Å². The van der Waals surface area contributed by atoms with Gasteiger partial charge in [0.15, 0.2) is 0 Å². The van der Waals surface area contributed by atoms with Crippen molar-refractivity contribution in [3.63, 3.8) is 0 Å². The van der Waals surface area contributed by atoms with Crippen LogP contribution in [0.15, 0.2) is 87.1 Å². The predicted octanol–water partition coefficient (Wildman–Crippen LogP) is 6.71. The first kappa shape index (κ1) is 29.6. The van der Waals surface area contributed by atoms with Gasteiger partial charge in [0.2, 0.25) is 17.7 Å². The summed E-state index contributed by atoms with van der Waals surface area (Å²) in [5.74, 6) is -2.15. The number of carbonyl (C=O) groups is 3. The predicted molar refractivity (Wildman–Crippen MR) is 175 cm³/mol. The average Bonchev–Trinajstić information content (AvgIpc) is 3.40. The third-order valence-corrected chi connectivity index (χ3v) is 11.0. The van der Waals surface area contributed by atoms with Crippen LogP contribution >= 0.6 is 39.0 Å². The Labute approximate surface area is 266 Å². The van der Waals surface area contributed by atoms with Gasteiger partial charge in [0, 0.05) is 21.0 Å². The highest BCUT2D eigenvalue weighted by Crippen LogP contribution is 2.54. The van der Waals surface area contributed by atoms with Gasteiger partial charge in [-0.3, -0.25) is 23.7 Å². The minimum atomic E-state index is -0.739. The van der Waals surface area contributed by atoms with Crippen molar-refractivity contribution >= 4 is 68.1 Å². The number of aryl methyl sites for hydroxylation is 1. The highest BCUT2D eigenvalue weighted by Gasteiger charge is 2.56. The number of aromatic nitrogens is 1. The number of thioether (sulfide) groups is 1. The van der Waals surface area contributed by atoms with E-state index in [1.165, 1.54) is 21.2 Å². The fraction of sp³-hybridized carbons (Fsp3) is 0.273. The SMILES string of the molecule is Cc1ccc(NC(=O)Cn2c3c(sc2=O)[C@@H](c2ccc(C(C)(C)C)cc2)[C@H]2C(=O)N(c4ccc(Br)cc4)C(=O)[C@H]2S3)cc1. The van der Waals surface area contributed by atoms with Gasteiger partial charge in [-0.1, -0.05) is 102 Å². The molecule has 7 nitrogen and oxygen atoms in total. The van der Waals surface area contributed by atoms with Gasteiger partial charge in [-0.2, -0.15) is 0 Å². The number of thiazole rings is 1. The molecule has 0 radical (unpaired) electrons. The largest absolute Gasteiger partial charge is 0.325 e. The quantitative estimate of drug-likeness (QED) is 0.238. The summed E-state index contributed by atoms with van der Waals surface area (Å²) in [5.41, 5.74) is 4.15. The Morgan fingerprint density at radius 3 is 2.19 bits per heavy atom. The van der Waals surface area contributed by atoms with E-state index < -0.39 is 17.1 Å². The first-order valence-corrected chi connectivity index (χ1v) is 16.4. The van der Waals surface area contributed by atoms with Crippen molar-refractivity contribution < 1.29 is 14.4 Å². The molecule has 1 aromatic heterocycles. The van der Waals surface area contributed by atoms with Gasteiger partial charge < -0.3 is 5.32 Å². The van der Waals surface area contributed by atoms with Crippen LogP contribution in [0.2, 0.25) is 0 Å². The molecule has 0 spiro atoms. The fourth-order valence-corrected chi connectivity index (χ4v) is 8.67. The number of imide groups is 1. The first-order valence-electron chi connectivity index (χ1n) is 13.9. The van der Waals surface area contributed by atoms with Crippen molar-refractivity contribution in [2.24, 2.45) is 5.92 Å². The van der Waals surface area contributed by atoms with Crippen LogP contribution in [0.25, 0.3) is 0 Å². The summed E-state index contributed by atoms with van der Waals surface area (Å²) >= 11 is 5.69. The van der Waals surface area contributed by atoms with Crippen LogP contribution < -0.4 is 15.1 Å². The number of nitrogens with zero attached hydrogens (tertiary/aromatic N) is 2. The van der Waals surface area contributed by atoms with Crippen molar-refractivity contribution in [3.8, 4) is 0 Å². The van der Waals surface area contributed by atoms with Crippen LogP contribution in [0.5, 0.6) is 0 Å². The van der Waals surface area contributed by atoms with E-state index in [-0.39, 0.29) is 34.6 Å². The molecule has 3 atom stereocenters. The van der Waals surface area contributed by atoms with Crippen LogP contribution in [0.4, 0.5) is 11.4 Å². The zero-order valence-electron chi connectivity index (χ0n) is 24.1. The molecule has 4 aromatic rings. The summed E-state index contributed by atoms with van der Waals surface area (Å²) in [6, 6.07) is 22.6. The summed E-state index contributed by atoms with van der Waals surface area (Å²) in [6.07, 6.45) is 0. The number of hydrogen-bond acceptors (Lipinski definition) is 6. The Morgan fingerprint density at radius 1 is 0.907 bits per heavy atom. The molecule has 1 N–H and O–H groups in total. The number of rotatable bonds is 5. The fourth-order valence-electron chi connectivity index (χ4n) is 5.63. The van der Waals surface area contributed by atoms with Gasteiger partial charge in [-0.15, -0.1) is 0 Å². The number of anilines is 2. The maximum Gasteiger partial charge on any atom is 0.308 e. The average molecular weight is 677 g/mol. The summed E-state index contributed by atoms with van der Waals surface area (Å²) in [6.45, 7) is 8.17. The first-order chi connectivity index (χ1) is 20.4. The minimum Gasteiger partial charge on any atom is -0.325 e. The molecule has 10 heteroatoms. The molecular weight excluding hydrogens is 646 g/mol. The molecular formula is C33H30BrN3O4S2. The van der Waals surface area contributed by atoms with Crippen LogP contribution in [-0.2, 0) is 26.3 Å². The van der Waals surface area contributed by atoms with Gasteiger partial charge in [0.1, 0.15) is 11.8 Å². The van der Waals surface area contributed by atoms with Gasteiger partial charge in [-0.05, 0) is 59.9 Å². The van der Waals surface area contributed by atoms with Crippen LogP contribution in [0.3, 0.4) is 0 Å². The molecule has 220 valence electrons. The maximum absolute atomic E-state index is 14.1. The van der Waals surface area contributed by atoms with E-state index in [2.05, 4.69) is 42.0 Å². The summed E-state index contributed by atoms with van der Waals surface area (Å²) in [4.78, 5) is 56.2. The number of hydrogen-bond donors (Lipinski definition) is 1. The molecule has 0 unspecified atom stereocenters. The number of benzene rings is 3. The summed E-state index contributed by atoms with van der Waals surface area (Å²) < 4.78 is 2.29. The Balaban J connectivity index is 1.41. The molecule has 2 aliphatic rings. The Morgan fingerprint density at radius 2 is 1.56 bits per heavy atom. The standard InChI is InChI=1S/C33H30BrN3O4S2/c1-18-5-13-22(14-6-18)35-24(38)17-36-31-28(43-32(36)41)25(19-7-9-20(10-8-19)33(2,3)4)26-27(42-31)30(40)37(29(26)39)23-15-11-21(34)12-16-23/h5-16,25-27H,17H2,1-4H3,(H,35,38)/t25-,26+,27-/m0/s1. The van der Waals surface area contributed by atoms with Gasteiger partial charge in [0.05, 0.1) is 16.6 Å². The number of amides is 3. The zero-order chi connectivity index (χ0) is 30.6.